The molecular formula is C18H21N3O2S. The first-order valence-electron chi connectivity index (χ1n) is 8.49. The number of hydrogen-bond acceptors (Lipinski definition) is 5. The van der Waals surface area contributed by atoms with Gasteiger partial charge in [0.05, 0.1) is 11.8 Å². The van der Waals surface area contributed by atoms with Gasteiger partial charge in [-0.15, -0.1) is 11.3 Å². The smallest absolute Gasteiger partial charge is 0.257 e. The van der Waals surface area contributed by atoms with Crippen molar-refractivity contribution in [3.05, 3.63) is 40.9 Å². The molecule has 2 N–H and O–H groups in total. The molecule has 2 fully saturated rings. The van der Waals surface area contributed by atoms with Crippen LogP contribution in [-0.4, -0.2) is 35.2 Å². The second-order valence-electron chi connectivity index (χ2n) is 6.57. The van der Waals surface area contributed by atoms with Crippen molar-refractivity contribution in [3.63, 3.8) is 0 Å². The molecule has 1 amide bonds. The average Bonchev–Trinajstić information content (AvgIpc) is 3.36. The van der Waals surface area contributed by atoms with Crippen LogP contribution in [0.25, 0.3) is 0 Å². The average molecular weight is 343 g/mol. The van der Waals surface area contributed by atoms with Crippen LogP contribution < -0.4 is 10.2 Å². The summed E-state index contributed by atoms with van der Waals surface area (Å²) in [5.74, 6) is 0.488. The minimum absolute atomic E-state index is 0.118. The minimum Gasteiger partial charge on any atom is -0.393 e. The molecule has 1 aromatic carbocycles. The molecule has 0 spiro atoms. The Bertz CT molecular complexity index is 716. The van der Waals surface area contributed by atoms with E-state index < -0.39 is 0 Å². The zero-order chi connectivity index (χ0) is 16.5. The number of benzene rings is 1. The molecular weight excluding hydrogens is 322 g/mol. The highest BCUT2D eigenvalue weighted by Crippen LogP contribution is 2.40. The van der Waals surface area contributed by atoms with Crippen LogP contribution in [0, 0.1) is 0 Å². The maximum Gasteiger partial charge on any atom is 0.257 e. The fourth-order valence-corrected chi connectivity index (χ4v) is 3.81. The second kappa shape index (κ2) is 6.53. The summed E-state index contributed by atoms with van der Waals surface area (Å²) in [4.78, 5) is 19.1. The van der Waals surface area contributed by atoms with E-state index in [4.69, 9.17) is 0 Å². The van der Waals surface area contributed by atoms with Crippen molar-refractivity contribution in [2.75, 3.05) is 23.3 Å². The molecule has 1 aliphatic carbocycles. The van der Waals surface area contributed by atoms with Crippen molar-refractivity contribution in [1.29, 1.82) is 0 Å². The van der Waals surface area contributed by atoms with Crippen LogP contribution in [0.4, 0.5) is 10.8 Å². The molecule has 0 atom stereocenters. The molecule has 1 aliphatic heterocycles. The standard InChI is InChI=1S/C18H21N3O2S/c22-15-7-9-21(10-8-15)14-5-3-13(4-6-14)17(23)20-18-19-16(11-24-18)12-1-2-12/h3-6,11-12,15,22H,1-2,7-10H2,(H,19,20,23). The molecule has 2 aromatic rings. The van der Waals surface area contributed by atoms with Gasteiger partial charge in [0.2, 0.25) is 0 Å². The van der Waals surface area contributed by atoms with Crippen molar-refractivity contribution in [2.45, 2.75) is 37.7 Å². The lowest BCUT2D eigenvalue weighted by atomic mass is 10.1. The fraction of sp³-hybridized carbons (Fsp3) is 0.444. The topological polar surface area (TPSA) is 65.5 Å². The molecule has 0 unspecified atom stereocenters. The zero-order valence-electron chi connectivity index (χ0n) is 13.4. The van der Waals surface area contributed by atoms with Crippen LogP contribution >= 0.6 is 11.3 Å². The molecule has 2 heterocycles. The van der Waals surface area contributed by atoms with Crippen molar-refractivity contribution in [2.24, 2.45) is 0 Å². The van der Waals surface area contributed by atoms with Gasteiger partial charge in [-0.1, -0.05) is 0 Å². The third-order valence-electron chi connectivity index (χ3n) is 4.70. The monoisotopic (exact) mass is 343 g/mol. The van der Waals surface area contributed by atoms with Crippen LogP contribution in [0.15, 0.2) is 29.6 Å². The van der Waals surface area contributed by atoms with E-state index in [2.05, 4.69) is 15.2 Å². The number of hydrogen-bond donors (Lipinski definition) is 2. The molecule has 1 saturated carbocycles. The van der Waals surface area contributed by atoms with E-state index in [0.717, 1.165) is 37.3 Å². The number of nitrogens with zero attached hydrogens (tertiary/aromatic N) is 2. The first kappa shape index (κ1) is 15.6. The van der Waals surface area contributed by atoms with Gasteiger partial charge in [-0.3, -0.25) is 10.1 Å². The number of aliphatic hydroxyl groups is 1. The molecule has 24 heavy (non-hydrogen) atoms. The lowest BCUT2D eigenvalue weighted by Gasteiger charge is -2.31. The Morgan fingerprint density at radius 3 is 2.54 bits per heavy atom. The summed E-state index contributed by atoms with van der Waals surface area (Å²) >= 11 is 1.49. The SMILES string of the molecule is O=C(Nc1nc(C2CC2)cs1)c1ccc(N2CCC(O)CC2)cc1. The van der Waals surface area contributed by atoms with E-state index in [0.29, 0.717) is 16.6 Å². The molecule has 1 aromatic heterocycles. The van der Waals surface area contributed by atoms with E-state index in [-0.39, 0.29) is 12.0 Å². The van der Waals surface area contributed by atoms with Gasteiger partial charge in [0.15, 0.2) is 5.13 Å². The summed E-state index contributed by atoms with van der Waals surface area (Å²) in [7, 11) is 0. The largest absolute Gasteiger partial charge is 0.393 e. The highest BCUT2D eigenvalue weighted by molar-refractivity contribution is 7.14. The van der Waals surface area contributed by atoms with Crippen molar-refractivity contribution in [1.82, 2.24) is 4.98 Å². The van der Waals surface area contributed by atoms with E-state index >= 15 is 0 Å². The second-order valence-corrected chi connectivity index (χ2v) is 7.43. The molecule has 126 valence electrons. The van der Waals surface area contributed by atoms with Gasteiger partial charge in [-0.05, 0) is 49.9 Å². The fourth-order valence-electron chi connectivity index (χ4n) is 3.03. The summed E-state index contributed by atoms with van der Waals surface area (Å²) in [5, 5.41) is 15.2. The number of amides is 1. The van der Waals surface area contributed by atoms with Crippen molar-refractivity contribution in [3.8, 4) is 0 Å². The minimum atomic E-state index is -0.176. The number of carbonyl (C=O) groups excluding carboxylic acids is 1. The molecule has 6 heteroatoms. The van der Waals surface area contributed by atoms with Crippen LogP contribution in [0.5, 0.6) is 0 Å². The third-order valence-corrected chi connectivity index (χ3v) is 5.47. The van der Waals surface area contributed by atoms with E-state index in [1.165, 1.54) is 24.2 Å². The van der Waals surface area contributed by atoms with Gasteiger partial charge in [-0.25, -0.2) is 4.98 Å². The van der Waals surface area contributed by atoms with Crippen LogP contribution in [-0.2, 0) is 0 Å². The molecule has 0 bridgehead atoms. The van der Waals surface area contributed by atoms with Crippen molar-refractivity contribution < 1.29 is 9.90 Å². The highest BCUT2D eigenvalue weighted by Gasteiger charge is 2.26. The number of anilines is 2. The first-order chi connectivity index (χ1) is 11.7. The predicted molar refractivity (Wildman–Crippen MR) is 95.9 cm³/mol. The quantitative estimate of drug-likeness (QED) is 0.894. The van der Waals surface area contributed by atoms with Gasteiger partial charge in [0.25, 0.3) is 5.91 Å². The Labute approximate surface area is 145 Å². The van der Waals surface area contributed by atoms with E-state index in [1.54, 1.807) is 0 Å². The summed E-state index contributed by atoms with van der Waals surface area (Å²) < 4.78 is 0. The van der Waals surface area contributed by atoms with Crippen LogP contribution in [0.3, 0.4) is 0 Å². The number of aromatic nitrogens is 1. The Morgan fingerprint density at radius 2 is 1.88 bits per heavy atom. The Hall–Kier alpha value is -1.92. The number of aliphatic hydroxyl groups excluding tert-OH is 1. The lowest BCUT2D eigenvalue weighted by Crippen LogP contribution is -2.35. The number of thiazole rings is 1. The number of nitrogens with one attached hydrogen (secondary N) is 1. The molecule has 5 nitrogen and oxygen atoms in total. The molecule has 0 radical (unpaired) electrons. The Balaban J connectivity index is 1.39. The van der Waals surface area contributed by atoms with Gasteiger partial charge in [-0.2, -0.15) is 0 Å². The normalized spacial score (nSPS) is 18.6. The maximum atomic E-state index is 12.3. The highest BCUT2D eigenvalue weighted by atomic mass is 32.1. The molecule has 1 saturated heterocycles. The predicted octanol–water partition coefficient (Wildman–Crippen LogP) is 3.23. The Kier molecular flexibility index (Phi) is 4.24. The Morgan fingerprint density at radius 1 is 1.17 bits per heavy atom. The maximum absolute atomic E-state index is 12.3. The van der Waals surface area contributed by atoms with Crippen LogP contribution in [0.1, 0.15) is 47.7 Å². The summed E-state index contributed by atoms with van der Waals surface area (Å²) in [6.45, 7) is 1.71. The van der Waals surface area contributed by atoms with Crippen LogP contribution in [0.2, 0.25) is 0 Å². The summed E-state index contributed by atoms with van der Waals surface area (Å²) in [6.07, 6.45) is 3.86. The van der Waals surface area contributed by atoms with Gasteiger partial charge < -0.3 is 10.0 Å². The number of rotatable bonds is 4. The van der Waals surface area contributed by atoms with E-state index in [9.17, 15) is 9.90 Å². The third kappa shape index (κ3) is 3.44. The lowest BCUT2D eigenvalue weighted by molar-refractivity contribution is 0.102. The van der Waals surface area contributed by atoms with Gasteiger partial charge in [0, 0.05) is 35.6 Å². The van der Waals surface area contributed by atoms with E-state index in [1.807, 2.05) is 29.6 Å². The summed E-state index contributed by atoms with van der Waals surface area (Å²) in [6, 6.07) is 7.66. The van der Waals surface area contributed by atoms with Gasteiger partial charge in [0.1, 0.15) is 0 Å². The van der Waals surface area contributed by atoms with Gasteiger partial charge >= 0.3 is 0 Å². The van der Waals surface area contributed by atoms with Crippen molar-refractivity contribution >= 4 is 28.1 Å². The zero-order valence-corrected chi connectivity index (χ0v) is 14.3. The summed E-state index contributed by atoms with van der Waals surface area (Å²) in [5.41, 5.74) is 2.85. The number of piperidine rings is 1. The molecule has 2 aliphatic rings. The molecule has 4 rings (SSSR count). The first-order valence-corrected chi connectivity index (χ1v) is 9.37. The number of carbonyl (C=O) groups is 1.